The number of pyridine rings is 1. The predicted octanol–water partition coefficient (Wildman–Crippen LogP) is 5.00. The minimum Gasteiger partial charge on any atom is -0.337 e. The molecule has 0 unspecified atom stereocenters. The normalized spacial score (nSPS) is 12.8. The molecule has 5 rings (SSSR count). The van der Waals surface area contributed by atoms with Gasteiger partial charge in [-0.05, 0) is 113 Å². The molecule has 7 nitrogen and oxygen atoms in total. The number of nitrogens with zero attached hydrogens (tertiary/aromatic N) is 5. The SMILES string of the molecule is C=C(/C=c1/c(-c2nc3c(-c4cc(F)cc(CCCN(C)C)c4)cccc3[nH]2)n[nH]/c1=C/C)c1cncc(CN(C)C)c1. The van der Waals surface area contributed by atoms with Crippen molar-refractivity contribution in [2.24, 2.45) is 0 Å². The Kier molecular flexibility index (Phi) is 8.75. The fraction of sp³-hybridized carbons (Fsp3) is 0.265. The van der Waals surface area contributed by atoms with E-state index in [1.807, 2.05) is 77.9 Å². The first-order chi connectivity index (χ1) is 20.2. The van der Waals surface area contributed by atoms with Crippen molar-refractivity contribution in [2.75, 3.05) is 34.7 Å². The van der Waals surface area contributed by atoms with Gasteiger partial charge in [-0.1, -0.05) is 30.9 Å². The van der Waals surface area contributed by atoms with E-state index in [9.17, 15) is 4.39 Å². The van der Waals surface area contributed by atoms with Crippen molar-refractivity contribution < 1.29 is 4.39 Å². The van der Waals surface area contributed by atoms with Gasteiger partial charge in [0.05, 0.1) is 16.4 Å². The number of allylic oxidation sites excluding steroid dienone is 1. The van der Waals surface area contributed by atoms with Gasteiger partial charge in [0, 0.05) is 29.7 Å². The Bertz CT molecular complexity index is 1850. The number of aromatic amines is 2. The molecular formula is C34H38FN7. The maximum atomic E-state index is 14.7. The number of rotatable bonds is 10. The highest BCUT2D eigenvalue weighted by Gasteiger charge is 2.15. The average molecular weight is 564 g/mol. The molecule has 8 heteroatoms. The van der Waals surface area contributed by atoms with E-state index in [0.717, 1.165) is 80.9 Å². The first kappa shape index (κ1) is 29.1. The molecule has 5 aromatic rings. The average Bonchev–Trinajstić information content (AvgIpc) is 3.56. The highest BCUT2D eigenvalue weighted by Crippen LogP contribution is 2.30. The van der Waals surface area contributed by atoms with E-state index in [2.05, 4.69) is 48.7 Å². The molecule has 3 heterocycles. The van der Waals surface area contributed by atoms with Gasteiger partial charge in [-0.15, -0.1) is 0 Å². The molecule has 0 aliphatic heterocycles. The first-order valence-corrected chi connectivity index (χ1v) is 14.2. The van der Waals surface area contributed by atoms with Gasteiger partial charge < -0.3 is 14.8 Å². The van der Waals surface area contributed by atoms with Gasteiger partial charge >= 0.3 is 0 Å². The molecule has 216 valence electrons. The number of halogens is 1. The van der Waals surface area contributed by atoms with Crippen molar-refractivity contribution in [1.82, 2.24) is 34.9 Å². The molecule has 0 radical (unpaired) electrons. The monoisotopic (exact) mass is 563 g/mol. The van der Waals surface area contributed by atoms with Crippen LogP contribution in [0.1, 0.15) is 30.0 Å². The number of para-hydroxylation sites is 1. The van der Waals surface area contributed by atoms with E-state index >= 15 is 0 Å². The Morgan fingerprint density at radius 2 is 1.86 bits per heavy atom. The number of imidazole rings is 1. The van der Waals surface area contributed by atoms with Crippen LogP contribution in [0, 0.1) is 5.82 Å². The smallest absolute Gasteiger partial charge is 0.159 e. The highest BCUT2D eigenvalue weighted by atomic mass is 19.1. The maximum Gasteiger partial charge on any atom is 0.159 e. The van der Waals surface area contributed by atoms with E-state index < -0.39 is 0 Å². The molecule has 0 aliphatic carbocycles. The second-order valence-electron chi connectivity index (χ2n) is 11.2. The summed E-state index contributed by atoms with van der Waals surface area (Å²) in [4.78, 5) is 17.1. The van der Waals surface area contributed by atoms with Crippen LogP contribution in [-0.2, 0) is 13.0 Å². The number of fused-ring (bicyclic) bond motifs is 1. The molecule has 3 aromatic heterocycles. The largest absolute Gasteiger partial charge is 0.337 e. The number of aryl methyl sites for hydroxylation is 1. The van der Waals surface area contributed by atoms with Crippen LogP contribution in [0.2, 0.25) is 0 Å². The van der Waals surface area contributed by atoms with Crippen molar-refractivity contribution in [2.45, 2.75) is 26.3 Å². The van der Waals surface area contributed by atoms with Crippen LogP contribution in [-0.4, -0.2) is 69.7 Å². The van der Waals surface area contributed by atoms with E-state index in [1.54, 1.807) is 12.1 Å². The lowest BCUT2D eigenvalue weighted by molar-refractivity contribution is 0.400. The summed E-state index contributed by atoms with van der Waals surface area (Å²) in [5.74, 6) is 0.387. The van der Waals surface area contributed by atoms with Gasteiger partial charge in [0.2, 0.25) is 0 Å². The summed E-state index contributed by atoms with van der Waals surface area (Å²) in [5.41, 5.74) is 7.87. The van der Waals surface area contributed by atoms with Crippen LogP contribution in [0.15, 0.2) is 61.4 Å². The second-order valence-corrected chi connectivity index (χ2v) is 11.2. The number of hydrogen-bond donors (Lipinski definition) is 2. The van der Waals surface area contributed by atoms with E-state index in [-0.39, 0.29) is 5.82 Å². The van der Waals surface area contributed by atoms with E-state index in [4.69, 9.17) is 4.98 Å². The zero-order valence-corrected chi connectivity index (χ0v) is 25.0. The van der Waals surface area contributed by atoms with Crippen LogP contribution in [0.25, 0.3) is 51.4 Å². The van der Waals surface area contributed by atoms with Gasteiger partial charge in [-0.2, -0.15) is 5.10 Å². The molecule has 42 heavy (non-hydrogen) atoms. The predicted molar refractivity (Wildman–Crippen MR) is 170 cm³/mol. The van der Waals surface area contributed by atoms with E-state index in [1.165, 1.54) is 0 Å². The Balaban J connectivity index is 1.54. The van der Waals surface area contributed by atoms with Crippen LogP contribution in [0.5, 0.6) is 0 Å². The molecular weight excluding hydrogens is 525 g/mol. The highest BCUT2D eigenvalue weighted by molar-refractivity contribution is 5.94. The van der Waals surface area contributed by atoms with Crippen molar-refractivity contribution in [1.29, 1.82) is 0 Å². The molecule has 0 saturated heterocycles. The third-order valence-electron chi connectivity index (χ3n) is 7.18. The molecule has 2 N–H and O–H groups in total. The number of aromatic nitrogens is 5. The van der Waals surface area contributed by atoms with Gasteiger partial charge in [0.15, 0.2) is 5.82 Å². The van der Waals surface area contributed by atoms with Crippen molar-refractivity contribution in [3.8, 4) is 22.6 Å². The summed E-state index contributed by atoms with van der Waals surface area (Å²) in [5, 5.41) is 9.52. The van der Waals surface area contributed by atoms with E-state index in [0.29, 0.717) is 11.5 Å². The van der Waals surface area contributed by atoms with Gasteiger partial charge in [0.25, 0.3) is 0 Å². The van der Waals surface area contributed by atoms with Crippen LogP contribution in [0.3, 0.4) is 0 Å². The summed E-state index contributed by atoms with van der Waals surface area (Å²) in [6, 6.07) is 13.3. The minimum atomic E-state index is -0.241. The van der Waals surface area contributed by atoms with Gasteiger partial charge in [-0.25, -0.2) is 9.37 Å². The summed E-state index contributed by atoms with van der Waals surface area (Å²) in [6.45, 7) is 8.05. The summed E-state index contributed by atoms with van der Waals surface area (Å²) >= 11 is 0. The zero-order chi connectivity index (χ0) is 29.8. The summed E-state index contributed by atoms with van der Waals surface area (Å²) in [6.07, 6.45) is 9.48. The lowest BCUT2D eigenvalue weighted by Gasteiger charge is -2.10. The van der Waals surface area contributed by atoms with Gasteiger partial charge in [-0.3, -0.25) is 10.1 Å². The third kappa shape index (κ3) is 6.56. The quantitative estimate of drug-likeness (QED) is 0.250. The Hall–Kier alpha value is -4.40. The van der Waals surface area contributed by atoms with Crippen LogP contribution in [0.4, 0.5) is 4.39 Å². The minimum absolute atomic E-state index is 0.241. The van der Waals surface area contributed by atoms with Crippen LogP contribution >= 0.6 is 0 Å². The molecule has 0 saturated carbocycles. The Morgan fingerprint density at radius 1 is 1.02 bits per heavy atom. The van der Waals surface area contributed by atoms with Crippen LogP contribution < -0.4 is 10.6 Å². The number of benzene rings is 2. The maximum absolute atomic E-state index is 14.7. The lowest BCUT2D eigenvalue weighted by atomic mass is 9.99. The molecule has 0 amide bonds. The molecule has 2 aromatic carbocycles. The fourth-order valence-corrected chi connectivity index (χ4v) is 5.21. The zero-order valence-electron chi connectivity index (χ0n) is 25.0. The first-order valence-electron chi connectivity index (χ1n) is 14.2. The Morgan fingerprint density at radius 3 is 2.62 bits per heavy atom. The summed E-state index contributed by atoms with van der Waals surface area (Å²) in [7, 11) is 8.17. The van der Waals surface area contributed by atoms with Gasteiger partial charge in [0.1, 0.15) is 11.5 Å². The molecule has 0 bridgehead atoms. The molecule has 0 spiro atoms. The van der Waals surface area contributed by atoms with Crippen molar-refractivity contribution >= 4 is 28.8 Å². The topological polar surface area (TPSA) is 76.7 Å². The standard InChI is InChI=1S/C34H38FN7/c1-7-30-29(14-22(2)26-16-24(19-36-20-26)21-42(5)6)33(40-39-30)34-37-31-12-8-11-28(32(31)38-34)25-15-23(17-27(35)18-25)10-9-13-41(3)4/h7-8,11-12,14-20,39H,2,9-10,13,21H2,1,3-6H3,(H,37,38)/b29-14+,30-7+. The number of hydrogen-bond acceptors (Lipinski definition) is 5. The second kappa shape index (κ2) is 12.6. The van der Waals surface area contributed by atoms with Crippen molar-refractivity contribution in [3.63, 3.8) is 0 Å². The molecule has 0 atom stereocenters. The molecule has 0 fully saturated rings. The Labute approximate surface area is 246 Å². The number of nitrogens with one attached hydrogen (secondary N) is 2. The fourth-order valence-electron chi connectivity index (χ4n) is 5.21. The number of H-pyrrole nitrogens is 2. The third-order valence-corrected chi connectivity index (χ3v) is 7.18. The molecule has 0 aliphatic rings. The van der Waals surface area contributed by atoms with Crippen molar-refractivity contribution in [3.05, 3.63) is 94.5 Å². The lowest BCUT2D eigenvalue weighted by Crippen LogP contribution is -2.23. The summed E-state index contributed by atoms with van der Waals surface area (Å²) < 4.78 is 14.7.